The van der Waals surface area contributed by atoms with Gasteiger partial charge in [0.05, 0.1) is 0 Å². The van der Waals surface area contributed by atoms with Crippen molar-refractivity contribution >= 4 is 5.91 Å². The van der Waals surface area contributed by atoms with Crippen LogP contribution in [0, 0.1) is 0 Å². The number of aromatic nitrogens is 3. The maximum Gasteiger partial charge on any atom is 0.253 e. The molecule has 5 heteroatoms. The summed E-state index contributed by atoms with van der Waals surface area (Å²) >= 11 is 0. The van der Waals surface area contributed by atoms with Gasteiger partial charge < -0.3 is 9.47 Å². The second-order valence-corrected chi connectivity index (χ2v) is 7.23. The summed E-state index contributed by atoms with van der Waals surface area (Å²) in [6.45, 7) is 4.62. The SMILES string of the molecule is CCn1cnnc1C1CCN(C(=O)c2ccc3c(c2)CCCC3)CC1. The number of piperidine rings is 1. The van der Waals surface area contributed by atoms with Crippen LogP contribution in [0.5, 0.6) is 0 Å². The quantitative estimate of drug-likeness (QED) is 0.863. The van der Waals surface area contributed by atoms with Crippen molar-refractivity contribution in [3.63, 3.8) is 0 Å². The van der Waals surface area contributed by atoms with Crippen LogP contribution in [0.2, 0.25) is 0 Å². The van der Waals surface area contributed by atoms with Crippen molar-refractivity contribution in [2.24, 2.45) is 0 Å². The van der Waals surface area contributed by atoms with E-state index in [9.17, 15) is 4.79 Å². The van der Waals surface area contributed by atoms with Crippen LogP contribution in [0.25, 0.3) is 0 Å². The van der Waals surface area contributed by atoms with Crippen LogP contribution in [-0.2, 0) is 19.4 Å². The van der Waals surface area contributed by atoms with E-state index in [1.807, 2.05) is 11.0 Å². The van der Waals surface area contributed by atoms with Crippen LogP contribution in [-0.4, -0.2) is 38.7 Å². The summed E-state index contributed by atoms with van der Waals surface area (Å²) in [4.78, 5) is 14.9. The average Bonchev–Trinajstić information content (AvgIpc) is 3.16. The van der Waals surface area contributed by atoms with Crippen LogP contribution in [0.4, 0.5) is 0 Å². The first-order valence-corrected chi connectivity index (χ1v) is 9.55. The lowest BCUT2D eigenvalue weighted by molar-refractivity contribution is 0.0710. The average molecular weight is 338 g/mol. The zero-order chi connectivity index (χ0) is 17.2. The maximum atomic E-state index is 12.9. The molecule has 132 valence electrons. The van der Waals surface area contributed by atoms with Crippen molar-refractivity contribution in [3.05, 3.63) is 47.0 Å². The first-order chi connectivity index (χ1) is 12.3. The predicted octanol–water partition coefficient (Wildman–Crippen LogP) is 3.20. The number of aryl methyl sites for hydroxylation is 3. The lowest BCUT2D eigenvalue weighted by Gasteiger charge is -2.32. The first kappa shape index (κ1) is 16.3. The van der Waals surface area contributed by atoms with Crippen molar-refractivity contribution in [1.82, 2.24) is 19.7 Å². The van der Waals surface area contributed by atoms with E-state index >= 15 is 0 Å². The molecule has 0 unspecified atom stereocenters. The molecule has 2 aromatic rings. The molecule has 25 heavy (non-hydrogen) atoms. The number of carbonyl (C=O) groups is 1. The third-order valence-electron chi connectivity index (χ3n) is 5.73. The fourth-order valence-electron chi connectivity index (χ4n) is 4.21. The van der Waals surface area contributed by atoms with Gasteiger partial charge in [0.25, 0.3) is 5.91 Å². The van der Waals surface area contributed by atoms with Crippen molar-refractivity contribution in [2.75, 3.05) is 13.1 Å². The Bertz CT molecular complexity index is 759. The number of hydrogen-bond donors (Lipinski definition) is 0. The molecule has 0 bridgehead atoms. The zero-order valence-electron chi connectivity index (χ0n) is 14.9. The molecule has 0 atom stereocenters. The molecular weight excluding hydrogens is 312 g/mol. The van der Waals surface area contributed by atoms with Crippen LogP contribution >= 0.6 is 0 Å². The van der Waals surface area contributed by atoms with Crippen molar-refractivity contribution in [2.45, 2.75) is 57.9 Å². The molecule has 0 spiro atoms. The molecule has 0 saturated carbocycles. The topological polar surface area (TPSA) is 51.0 Å². The lowest BCUT2D eigenvalue weighted by Crippen LogP contribution is -2.38. The highest BCUT2D eigenvalue weighted by Gasteiger charge is 2.27. The fraction of sp³-hybridized carbons (Fsp3) is 0.550. The summed E-state index contributed by atoms with van der Waals surface area (Å²) in [5.74, 6) is 1.67. The number of hydrogen-bond acceptors (Lipinski definition) is 3. The van der Waals surface area contributed by atoms with Crippen LogP contribution in [0.15, 0.2) is 24.5 Å². The van der Waals surface area contributed by atoms with Crippen LogP contribution in [0.1, 0.15) is 65.8 Å². The minimum atomic E-state index is 0.184. The summed E-state index contributed by atoms with van der Waals surface area (Å²) in [5.41, 5.74) is 3.67. The third-order valence-corrected chi connectivity index (χ3v) is 5.73. The van der Waals surface area contributed by atoms with Gasteiger partial charge in [0.2, 0.25) is 0 Å². The maximum absolute atomic E-state index is 12.9. The lowest BCUT2D eigenvalue weighted by atomic mass is 9.90. The van der Waals surface area contributed by atoms with Crippen LogP contribution < -0.4 is 0 Å². The van der Waals surface area contributed by atoms with E-state index < -0.39 is 0 Å². The Balaban J connectivity index is 1.43. The van der Waals surface area contributed by atoms with Gasteiger partial charge in [-0.25, -0.2) is 0 Å². The molecule has 1 fully saturated rings. The highest BCUT2D eigenvalue weighted by atomic mass is 16.2. The van der Waals surface area contributed by atoms with Crippen molar-refractivity contribution in [1.29, 1.82) is 0 Å². The second kappa shape index (κ2) is 6.98. The molecule has 1 saturated heterocycles. The normalized spacial score (nSPS) is 18.2. The number of fused-ring (bicyclic) bond motifs is 1. The number of likely N-dealkylation sites (tertiary alicyclic amines) is 1. The van der Waals surface area contributed by atoms with Gasteiger partial charge in [-0.3, -0.25) is 4.79 Å². The highest BCUT2D eigenvalue weighted by Crippen LogP contribution is 2.28. The summed E-state index contributed by atoms with van der Waals surface area (Å²) in [5, 5.41) is 8.34. The molecule has 0 radical (unpaired) electrons. The van der Waals surface area contributed by atoms with Crippen molar-refractivity contribution < 1.29 is 4.79 Å². The van der Waals surface area contributed by atoms with E-state index in [1.165, 1.54) is 24.0 Å². The Hall–Kier alpha value is -2.17. The number of rotatable bonds is 3. The van der Waals surface area contributed by atoms with Crippen LogP contribution in [0.3, 0.4) is 0 Å². The van der Waals surface area contributed by atoms with Gasteiger partial charge >= 0.3 is 0 Å². The summed E-state index contributed by atoms with van der Waals surface area (Å²) < 4.78 is 2.12. The highest BCUT2D eigenvalue weighted by molar-refractivity contribution is 5.94. The molecule has 1 aliphatic carbocycles. The number of nitrogens with zero attached hydrogens (tertiary/aromatic N) is 4. The molecule has 1 aromatic carbocycles. The number of carbonyl (C=O) groups excluding carboxylic acids is 1. The molecule has 0 N–H and O–H groups in total. The molecule has 5 nitrogen and oxygen atoms in total. The summed E-state index contributed by atoms with van der Waals surface area (Å²) in [6, 6.07) is 6.32. The smallest absolute Gasteiger partial charge is 0.253 e. The Morgan fingerprint density at radius 3 is 2.68 bits per heavy atom. The van der Waals surface area contributed by atoms with E-state index in [1.54, 1.807) is 6.33 Å². The van der Waals surface area contributed by atoms with E-state index in [2.05, 4.69) is 33.8 Å². The van der Waals surface area contributed by atoms with Crippen molar-refractivity contribution in [3.8, 4) is 0 Å². The number of benzene rings is 1. The second-order valence-electron chi connectivity index (χ2n) is 7.23. The Kier molecular flexibility index (Phi) is 4.55. The fourth-order valence-corrected chi connectivity index (χ4v) is 4.21. The standard InChI is InChI=1S/C20H26N4O/c1-2-23-14-21-22-19(23)16-9-11-24(12-10-16)20(25)18-8-7-15-5-3-4-6-17(15)13-18/h7-8,13-14,16H,2-6,9-12H2,1H3. The zero-order valence-corrected chi connectivity index (χ0v) is 14.9. The minimum Gasteiger partial charge on any atom is -0.339 e. The molecule has 1 amide bonds. The van der Waals surface area contributed by atoms with E-state index in [4.69, 9.17) is 0 Å². The monoisotopic (exact) mass is 338 g/mol. The molecular formula is C20H26N4O. The first-order valence-electron chi connectivity index (χ1n) is 9.55. The predicted molar refractivity (Wildman–Crippen MR) is 96.7 cm³/mol. The summed E-state index contributed by atoms with van der Waals surface area (Å²) in [7, 11) is 0. The van der Waals surface area contributed by atoms with E-state index in [0.29, 0.717) is 5.92 Å². The Labute approximate surface area is 149 Å². The van der Waals surface area contributed by atoms with Gasteiger partial charge in [-0.2, -0.15) is 0 Å². The van der Waals surface area contributed by atoms with E-state index in [-0.39, 0.29) is 5.91 Å². The van der Waals surface area contributed by atoms with E-state index in [0.717, 1.165) is 56.7 Å². The largest absolute Gasteiger partial charge is 0.339 e. The molecule has 2 aliphatic rings. The summed E-state index contributed by atoms with van der Waals surface area (Å²) in [6.07, 6.45) is 8.54. The van der Waals surface area contributed by atoms with Gasteiger partial charge in [-0.15, -0.1) is 10.2 Å². The molecule has 2 heterocycles. The minimum absolute atomic E-state index is 0.184. The molecule has 1 aromatic heterocycles. The van der Waals surface area contributed by atoms with Gasteiger partial charge in [0.1, 0.15) is 12.2 Å². The van der Waals surface area contributed by atoms with Gasteiger partial charge in [-0.1, -0.05) is 6.07 Å². The Morgan fingerprint density at radius 2 is 1.92 bits per heavy atom. The molecule has 4 rings (SSSR count). The van der Waals surface area contributed by atoms with Gasteiger partial charge in [0.15, 0.2) is 0 Å². The molecule has 1 aliphatic heterocycles. The third kappa shape index (κ3) is 3.20. The Morgan fingerprint density at radius 1 is 1.16 bits per heavy atom. The van der Waals surface area contributed by atoms with Gasteiger partial charge in [0, 0.05) is 31.1 Å². The van der Waals surface area contributed by atoms with Gasteiger partial charge in [-0.05, 0) is 68.7 Å². The number of amides is 1.